The first-order valence-corrected chi connectivity index (χ1v) is 7.83. The molecule has 1 aromatic rings. The molecule has 2 unspecified atom stereocenters. The van der Waals surface area contributed by atoms with Crippen molar-refractivity contribution < 1.29 is 0 Å². The second kappa shape index (κ2) is 6.63. The van der Waals surface area contributed by atoms with Gasteiger partial charge in [-0.3, -0.25) is 4.90 Å². The van der Waals surface area contributed by atoms with Crippen LogP contribution in [-0.4, -0.2) is 59.2 Å². The van der Waals surface area contributed by atoms with Gasteiger partial charge in [0.05, 0.1) is 0 Å². The van der Waals surface area contributed by atoms with E-state index >= 15 is 0 Å². The maximum absolute atomic E-state index is 4.28. The zero-order chi connectivity index (χ0) is 13.8. The number of aromatic nitrogens is 2. The molecule has 2 heterocycles. The zero-order valence-corrected chi connectivity index (χ0v) is 13.2. The van der Waals surface area contributed by atoms with Crippen LogP contribution in [0.5, 0.6) is 0 Å². The zero-order valence-electron chi connectivity index (χ0n) is 12.4. The number of hydrogen-bond acceptors (Lipinski definition) is 6. The highest BCUT2D eigenvalue weighted by Gasteiger charge is 2.31. The van der Waals surface area contributed by atoms with Crippen LogP contribution in [0.3, 0.4) is 0 Å². The van der Waals surface area contributed by atoms with E-state index < -0.39 is 0 Å². The number of rotatable bonds is 6. The molecule has 0 saturated carbocycles. The van der Waals surface area contributed by atoms with Gasteiger partial charge in [0.25, 0.3) is 0 Å². The monoisotopic (exact) mass is 283 g/mol. The molecule has 1 aromatic heterocycles. The molecule has 0 radical (unpaired) electrons. The van der Waals surface area contributed by atoms with Gasteiger partial charge in [-0.05, 0) is 26.4 Å². The Kier molecular flexibility index (Phi) is 5.13. The fourth-order valence-electron chi connectivity index (χ4n) is 2.75. The Labute approximate surface area is 120 Å². The average molecular weight is 283 g/mol. The molecular formula is C13H25N5S. The van der Waals surface area contributed by atoms with Crippen molar-refractivity contribution in [2.24, 2.45) is 5.92 Å². The number of nitrogens with zero attached hydrogens (tertiary/aromatic N) is 4. The Bertz CT molecular complexity index is 392. The van der Waals surface area contributed by atoms with Crippen molar-refractivity contribution >= 4 is 16.5 Å². The Hall–Kier alpha value is -0.720. The quantitative estimate of drug-likeness (QED) is 0.861. The number of likely N-dealkylation sites (tertiary alicyclic amines) is 1. The molecule has 0 bridgehead atoms. The highest BCUT2D eigenvalue weighted by atomic mass is 32.1. The summed E-state index contributed by atoms with van der Waals surface area (Å²) in [7, 11) is 4.34. The first kappa shape index (κ1) is 14.7. The average Bonchev–Trinajstić information content (AvgIpc) is 2.94. The van der Waals surface area contributed by atoms with Crippen LogP contribution < -0.4 is 5.32 Å². The van der Waals surface area contributed by atoms with Crippen LogP contribution in [0.25, 0.3) is 0 Å². The smallest absolute Gasteiger partial charge is 0.134 e. The fourth-order valence-corrected chi connectivity index (χ4v) is 3.34. The Balaban J connectivity index is 1.93. The van der Waals surface area contributed by atoms with Crippen molar-refractivity contribution in [3.8, 4) is 0 Å². The topological polar surface area (TPSA) is 44.3 Å². The molecule has 6 heteroatoms. The molecule has 1 aliphatic rings. The summed E-state index contributed by atoms with van der Waals surface area (Å²) in [5, 5.41) is 8.84. The molecule has 0 aromatic carbocycles. The maximum Gasteiger partial charge on any atom is 0.134 e. The van der Waals surface area contributed by atoms with Gasteiger partial charge < -0.3 is 10.2 Å². The lowest BCUT2D eigenvalue weighted by Gasteiger charge is -2.22. The third kappa shape index (κ3) is 3.64. The number of anilines is 1. The van der Waals surface area contributed by atoms with Crippen molar-refractivity contribution in [2.75, 3.05) is 39.0 Å². The summed E-state index contributed by atoms with van der Waals surface area (Å²) in [6, 6.07) is 0.652. The van der Waals surface area contributed by atoms with E-state index in [1.54, 1.807) is 0 Å². The minimum Gasteiger partial charge on any atom is -0.374 e. The van der Waals surface area contributed by atoms with E-state index in [1.165, 1.54) is 11.5 Å². The first-order valence-electron chi connectivity index (χ1n) is 7.05. The van der Waals surface area contributed by atoms with Crippen LogP contribution in [0.15, 0.2) is 0 Å². The first-order chi connectivity index (χ1) is 9.11. The van der Waals surface area contributed by atoms with Gasteiger partial charge in [-0.25, -0.2) is 0 Å². The lowest BCUT2D eigenvalue weighted by atomic mass is 10.1. The number of nitrogens with one attached hydrogen (secondary N) is 1. The largest absolute Gasteiger partial charge is 0.374 e. The molecule has 19 heavy (non-hydrogen) atoms. The highest BCUT2D eigenvalue weighted by Crippen LogP contribution is 2.25. The molecule has 0 amide bonds. The molecule has 0 aliphatic carbocycles. The molecule has 1 N–H and O–H groups in total. The molecule has 1 aliphatic heterocycles. The van der Waals surface area contributed by atoms with Crippen LogP contribution in [0.2, 0.25) is 0 Å². The van der Waals surface area contributed by atoms with Gasteiger partial charge >= 0.3 is 0 Å². The van der Waals surface area contributed by atoms with Crippen LogP contribution in [-0.2, 0) is 6.54 Å². The Morgan fingerprint density at radius 2 is 2.21 bits per heavy atom. The fraction of sp³-hybridized carbons (Fsp3) is 0.846. The van der Waals surface area contributed by atoms with Gasteiger partial charge in [-0.15, -0.1) is 5.10 Å². The molecule has 1 fully saturated rings. The van der Waals surface area contributed by atoms with Crippen molar-refractivity contribution in [1.82, 2.24) is 19.4 Å². The second-order valence-corrected chi connectivity index (χ2v) is 6.43. The minimum absolute atomic E-state index is 0.652. The summed E-state index contributed by atoms with van der Waals surface area (Å²) < 4.78 is 4.08. The predicted molar refractivity (Wildman–Crippen MR) is 80.6 cm³/mol. The van der Waals surface area contributed by atoms with Gasteiger partial charge in [0.1, 0.15) is 10.7 Å². The van der Waals surface area contributed by atoms with Crippen molar-refractivity contribution in [3.63, 3.8) is 0 Å². The second-order valence-electron chi connectivity index (χ2n) is 5.68. The SMILES string of the molecule is CCCNc1snnc1CN1CC(C)C(N(C)C)C1. The van der Waals surface area contributed by atoms with E-state index in [9.17, 15) is 0 Å². The number of likely N-dealkylation sites (N-methyl/N-ethyl adjacent to an activating group) is 1. The van der Waals surface area contributed by atoms with Gasteiger partial charge in [0.15, 0.2) is 0 Å². The standard InChI is InChI=1S/C13H25N5S/c1-5-6-14-13-11(15-16-19-13)8-18-7-10(2)12(9-18)17(3)4/h10,12,14H,5-9H2,1-4H3. The summed E-state index contributed by atoms with van der Waals surface area (Å²) in [6.45, 7) is 8.68. The maximum atomic E-state index is 4.28. The Morgan fingerprint density at radius 1 is 1.42 bits per heavy atom. The molecule has 2 atom stereocenters. The van der Waals surface area contributed by atoms with Crippen LogP contribution in [0, 0.1) is 5.92 Å². The molecule has 2 rings (SSSR count). The molecule has 108 valence electrons. The summed E-state index contributed by atoms with van der Waals surface area (Å²) in [5.41, 5.74) is 1.10. The van der Waals surface area contributed by atoms with Crippen molar-refractivity contribution in [2.45, 2.75) is 32.9 Å². The van der Waals surface area contributed by atoms with E-state index in [1.807, 2.05) is 0 Å². The summed E-state index contributed by atoms with van der Waals surface area (Å²) >= 11 is 1.47. The predicted octanol–water partition coefficient (Wildman–Crippen LogP) is 1.74. The van der Waals surface area contributed by atoms with Gasteiger partial charge in [0, 0.05) is 43.8 Å². The van der Waals surface area contributed by atoms with Gasteiger partial charge in [-0.1, -0.05) is 18.3 Å². The minimum atomic E-state index is 0.652. The summed E-state index contributed by atoms with van der Waals surface area (Å²) in [6.07, 6.45) is 1.13. The normalized spacial score (nSPS) is 24.3. The summed E-state index contributed by atoms with van der Waals surface area (Å²) in [5.74, 6) is 0.716. The van der Waals surface area contributed by atoms with Crippen LogP contribution in [0.4, 0.5) is 5.00 Å². The summed E-state index contributed by atoms with van der Waals surface area (Å²) in [4.78, 5) is 4.82. The van der Waals surface area contributed by atoms with E-state index in [4.69, 9.17) is 0 Å². The van der Waals surface area contributed by atoms with E-state index in [-0.39, 0.29) is 0 Å². The highest BCUT2D eigenvalue weighted by molar-refractivity contribution is 7.10. The lowest BCUT2D eigenvalue weighted by Crippen LogP contribution is -2.34. The van der Waals surface area contributed by atoms with Gasteiger partial charge in [0.2, 0.25) is 0 Å². The molecule has 1 saturated heterocycles. The van der Waals surface area contributed by atoms with Crippen LogP contribution in [0.1, 0.15) is 26.0 Å². The number of hydrogen-bond donors (Lipinski definition) is 1. The van der Waals surface area contributed by atoms with E-state index in [0.29, 0.717) is 12.0 Å². The van der Waals surface area contributed by atoms with Crippen LogP contribution >= 0.6 is 11.5 Å². The van der Waals surface area contributed by atoms with Crippen molar-refractivity contribution in [3.05, 3.63) is 5.69 Å². The van der Waals surface area contributed by atoms with Crippen molar-refractivity contribution in [1.29, 1.82) is 0 Å². The molecule has 5 nitrogen and oxygen atoms in total. The molecular weight excluding hydrogens is 258 g/mol. The Morgan fingerprint density at radius 3 is 2.84 bits per heavy atom. The van der Waals surface area contributed by atoms with E-state index in [0.717, 1.165) is 43.3 Å². The lowest BCUT2D eigenvalue weighted by molar-refractivity contribution is 0.249. The third-order valence-electron chi connectivity index (χ3n) is 3.78. The third-order valence-corrected chi connectivity index (χ3v) is 4.50. The molecule has 0 spiro atoms. The van der Waals surface area contributed by atoms with E-state index in [2.05, 4.69) is 52.6 Å². The van der Waals surface area contributed by atoms with Gasteiger partial charge in [-0.2, -0.15) is 0 Å².